The third kappa shape index (κ3) is 8.52. The lowest BCUT2D eigenvalue weighted by atomic mass is 10.1. The number of ether oxygens (including phenoxy) is 1. The summed E-state index contributed by atoms with van der Waals surface area (Å²) in [5, 5.41) is 4.41. The van der Waals surface area contributed by atoms with Gasteiger partial charge < -0.3 is 20.3 Å². The van der Waals surface area contributed by atoms with Crippen molar-refractivity contribution in [3.63, 3.8) is 0 Å². The van der Waals surface area contributed by atoms with E-state index in [2.05, 4.69) is 10.6 Å². The molecule has 1 aromatic carbocycles. The van der Waals surface area contributed by atoms with Gasteiger partial charge in [0.2, 0.25) is 5.91 Å². The van der Waals surface area contributed by atoms with Crippen LogP contribution in [-0.2, 0) is 20.5 Å². The number of carbonyl (C=O) groups excluding carboxylic acids is 3. The van der Waals surface area contributed by atoms with Gasteiger partial charge in [0.15, 0.2) is 0 Å². The van der Waals surface area contributed by atoms with Gasteiger partial charge in [0.05, 0.1) is 40.2 Å². The fourth-order valence-corrected chi connectivity index (χ4v) is 4.82. The van der Waals surface area contributed by atoms with Crippen molar-refractivity contribution >= 4 is 52.0 Å². The summed E-state index contributed by atoms with van der Waals surface area (Å²) in [6, 6.07) is 3.43. The molecule has 2 N–H and O–H groups in total. The number of carbonyl (C=O) groups is 3. The van der Waals surface area contributed by atoms with Crippen LogP contribution in [0, 0.1) is 0 Å². The molecule has 1 atom stereocenters. The predicted octanol–water partition coefficient (Wildman–Crippen LogP) is 4.35. The lowest BCUT2D eigenvalue weighted by molar-refractivity contribution is -0.137. The highest BCUT2D eigenvalue weighted by Crippen LogP contribution is 2.39. The van der Waals surface area contributed by atoms with Crippen LogP contribution in [0.5, 0.6) is 0 Å². The van der Waals surface area contributed by atoms with Crippen molar-refractivity contribution in [2.24, 2.45) is 0 Å². The molecule has 1 aliphatic rings. The van der Waals surface area contributed by atoms with Crippen molar-refractivity contribution in [3.05, 3.63) is 45.1 Å². The van der Waals surface area contributed by atoms with Crippen LogP contribution in [-0.4, -0.2) is 80.9 Å². The van der Waals surface area contributed by atoms with Crippen LogP contribution in [0.3, 0.4) is 0 Å². The Labute approximate surface area is 232 Å². The van der Waals surface area contributed by atoms with Gasteiger partial charge in [-0.2, -0.15) is 13.2 Å². The maximum absolute atomic E-state index is 13.9. The number of hydrogen-bond acceptors (Lipinski definition) is 6. The number of nitrogens with one attached hydrogen (secondary N) is 2. The molecule has 0 saturated carbocycles. The summed E-state index contributed by atoms with van der Waals surface area (Å²) in [7, 11) is 0. The normalized spacial score (nSPS) is 15.2. The quantitative estimate of drug-likeness (QED) is 0.366. The Morgan fingerprint density at radius 3 is 2.33 bits per heavy atom. The second-order valence-corrected chi connectivity index (χ2v) is 10.1. The molecule has 8 nitrogen and oxygen atoms in total. The molecule has 0 radical (unpaired) electrons. The van der Waals surface area contributed by atoms with E-state index in [0.717, 1.165) is 28.4 Å². The smallest absolute Gasteiger partial charge is 0.370 e. The van der Waals surface area contributed by atoms with Gasteiger partial charge in [-0.3, -0.25) is 19.3 Å². The Morgan fingerprint density at radius 1 is 1.10 bits per heavy atom. The minimum atomic E-state index is -4.97. The van der Waals surface area contributed by atoms with Crippen LogP contribution in [0.4, 0.5) is 42.1 Å². The summed E-state index contributed by atoms with van der Waals surface area (Å²) in [5.41, 5.74) is -2.22. The number of anilines is 2. The summed E-state index contributed by atoms with van der Waals surface area (Å²) in [6.07, 6.45) is -11.3. The van der Waals surface area contributed by atoms with Crippen LogP contribution < -0.4 is 15.5 Å². The molecule has 1 aliphatic heterocycles. The molecule has 1 fully saturated rings. The molecule has 3 rings (SSSR count). The average Bonchev–Trinajstić information content (AvgIpc) is 3.29. The second kappa shape index (κ2) is 13.6. The minimum absolute atomic E-state index is 0.00326. The van der Waals surface area contributed by atoms with E-state index in [0.29, 0.717) is 11.0 Å². The van der Waals surface area contributed by atoms with Gasteiger partial charge in [-0.15, -0.1) is 11.3 Å². The van der Waals surface area contributed by atoms with Gasteiger partial charge in [0.1, 0.15) is 12.6 Å². The Morgan fingerprint density at radius 2 is 1.77 bits per heavy atom. The first-order valence-electron chi connectivity index (χ1n) is 11.5. The third-order valence-corrected chi connectivity index (χ3v) is 6.82. The van der Waals surface area contributed by atoms with Gasteiger partial charge in [0, 0.05) is 18.8 Å². The molecule has 1 aromatic heterocycles. The number of halogens is 8. The van der Waals surface area contributed by atoms with Gasteiger partial charge in [0.25, 0.3) is 24.7 Å². The van der Waals surface area contributed by atoms with Crippen molar-refractivity contribution in [2.45, 2.75) is 25.1 Å². The van der Waals surface area contributed by atoms with Crippen molar-refractivity contribution in [3.8, 4) is 0 Å². The van der Waals surface area contributed by atoms with E-state index >= 15 is 0 Å². The van der Waals surface area contributed by atoms with Crippen molar-refractivity contribution in [2.75, 3.05) is 49.6 Å². The number of benzene rings is 1. The summed E-state index contributed by atoms with van der Waals surface area (Å²) in [6.45, 7) is -3.88. The van der Waals surface area contributed by atoms with Crippen molar-refractivity contribution < 1.29 is 49.9 Å². The fourth-order valence-electron chi connectivity index (χ4n) is 3.86. The summed E-state index contributed by atoms with van der Waals surface area (Å²) in [5.74, 6) is -2.72. The topological polar surface area (TPSA) is 91.0 Å². The zero-order chi connectivity index (χ0) is 29.6. The Hall–Kier alpha value is -2.95. The SMILES string of the molecule is O=C(NC[C@H](C(=O)Nc1ccc(N2CCOCC2=O)c(C(F)(F)F)c1)N(CC(F)F)CC(F)F)c1ccc(Cl)s1. The predicted molar refractivity (Wildman–Crippen MR) is 132 cm³/mol. The van der Waals surface area contributed by atoms with Crippen molar-refractivity contribution in [1.29, 1.82) is 0 Å². The number of thiophene rings is 1. The van der Waals surface area contributed by atoms with E-state index in [-0.39, 0.29) is 22.4 Å². The molecule has 0 unspecified atom stereocenters. The second-order valence-electron chi connectivity index (χ2n) is 8.38. The Kier molecular flexibility index (Phi) is 10.7. The molecule has 0 aliphatic carbocycles. The first-order valence-corrected chi connectivity index (χ1v) is 12.7. The molecular formula is C23H22ClF7N4O4S. The van der Waals surface area contributed by atoms with Gasteiger partial charge in [-0.25, -0.2) is 17.6 Å². The largest absolute Gasteiger partial charge is 0.418 e. The highest BCUT2D eigenvalue weighted by molar-refractivity contribution is 7.18. The molecule has 40 heavy (non-hydrogen) atoms. The summed E-state index contributed by atoms with van der Waals surface area (Å²) in [4.78, 5) is 39.0. The number of morpholine rings is 1. The molecular weight excluding hydrogens is 597 g/mol. The Bertz CT molecular complexity index is 1200. The van der Waals surface area contributed by atoms with E-state index < -0.39 is 86.0 Å². The first-order chi connectivity index (χ1) is 18.8. The number of rotatable bonds is 11. The molecule has 2 heterocycles. The van der Waals surface area contributed by atoms with Gasteiger partial charge >= 0.3 is 6.18 Å². The molecule has 2 aromatic rings. The zero-order valence-electron chi connectivity index (χ0n) is 20.3. The lowest BCUT2D eigenvalue weighted by Crippen LogP contribution is -2.53. The van der Waals surface area contributed by atoms with Gasteiger partial charge in [-0.05, 0) is 30.3 Å². The monoisotopic (exact) mass is 618 g/mol. The minimum Gasteiger partial charge on any atom is -0.370 e. The van der Waals surface area contributed by atoms with E-state index in [1.54, 1.807) is 0 Å². The van der Waals surface area contributed by atoms with Crippen LogP contribution in [0.25, 0.3) is 0 Å². The molecule has 3 amide bonds. The number of alkyl halides is 7. The van der Waals surface area contributed by atoms with E-state index in [9.17, 15) is 45.1 Å². The molecule has 0 bridgehead atoms. The zero-order valence-corrected chi connectivity index (χ0v) is 21.9. The van der Waals surface area contributed by atoms with Crippen molar-refractivity contribution in [1.82, 2.24) is 10.2 Å². The Balaban J connectivity index is 1.89. The first kappa shape index (κ1) is 31.6. The number of nitrogens with zero attached hydrogens (tertiary/aromatic N) is 2. The van der Waals surface area contributed by atoms with Gasteiger partial charge in [-0.1, -0.05) is 11.6 Å². The standard InChI is InChI=1S/C23H22ClF7N4O4S/c24-17-4-3-16(40-17)22(38)32-8-15(34(9-18(25)26)10-19(27)28)21(37)33-12-1-2-14(13(7-12)23(29,30)31)35-5-6-39-11-20(35)36/h1-4,7,15,18-19H,5-6,8-11H2,(H,32,38)(H,33,37)/t15-/m1/s1. The maximum atomic E-state index is 13.9. The van der Waals surface area contributed by atoms with E-state index in [1.807, 2.05) is 0 Å². The van der Waals surface area contributed by atoms with Crippen LogP contribution >= 0.6 is 22.9 Å². The van der Waals surface area contributed by atoms with Crippen LogP contribution in [0.1, 0.15) is 15.2 Å². The third-order valence-electron chi connectivity index (χ3n) is 5.59. The fraction of sp³-hybridized carbons (Fsp3) is 0.435. The summed E-state index contributed by atoms with van der Waals surface area (Å²) < 4.78 is 99.6. The maximum Gasteiger partial charge on any atom is 0.418 e. The lowest BCUT2D eigenvalue weighted by Gasteiger charge is -2.31. The number of amides is 3. The van der Waals surface area contributed by atoms with Crippen LogP contribution in [0.2, 0.25) is 4.34 Å². The van der Waals surface area contributed by atoms with E-state index in [1.165, 1.54) is 12.1 Å². The summed E-state index contributed by atoms with van der Waals surface area (Å²) >= 11 is 6.64. The average molecular weight is 619 g/mol. The van der Waals surface area contributed by atoms with Crippen LogP contribution in [0.15, 0.2) is 30.3 Å². The molecule has 17 heteroatoms. The number of hydrogen-bond donors (Lipinski definition) is 2. The van der Waals surface area contributed by atoms with E-state index in [4.69, 9.17) is 16.3 Å². The molecule has 220 valence electrons. The highest BCUT2D eigenvalue weighted by Gasteiger charge is 2.38. The molecule has 0 spiro atoms. The highest BCUT2D eigenvalue weighted by atomic mass is 35.5. The molecule has 1 saturated heterocycles.